The van der Waals surface area contributed by atoms with Crippen molar-refractivity contribution in [1.29, 1.82) is 0 Å². The van der Waals surface area contributed by atoms with E-state index in [0.717, 1.165) is 6.08 Å². The third-order valence-electron chi connectivity index (χ3n) is 4.36. The molecule has 3 rings (SSSR count). The van der Waals surface area contributed by atoms with Gasteiger partial charge in [-0.2, -0.15) is 0 Å². The second-order valence-corrected chi connectivity index (χ2v) is 5.95. The molecule has 0 aromatic heterocycles. The first-order chi connectivity index (χ1) is 10.3. The molecule has 2 unspecified atom stereocenters. The molecule has 3 N–H and O–H groups in total. The van der Waals surface area contributed by atoms with Gasteiger partial charge in [0, 0.05) is 30.0 Å². The number of aliphatic hydroxyl groups excluding tert-OH is 1. The van der Waals surface area contributed by atoms with Crippen molar-refractivity contribution in [3.63, 3.8) is 0 Å². The highest BCUT2D eigenvalue weighted by Gasteiger charge is 2.40. The number of ether oxygens (including phenoxy) is 1. The lowest BCUT2D eigenvalue weighted by molar-refractivity contribution is -0.0665. The van der Waals surface area contributed by atoms with Crippen molar-refractivity contribution < 1.29 is 29.6 Å². The number of phenolic OH excluding ortho intramolecular Hbond substituents is 1. The van der Waals surface area contributed by atoms with Gasteiger partial charge in [0.1, 0.15) is 5.75 Å². The first-order valence-electron chi connectivity index (χ1n) is 6.89. The topological polar surface area (TPSA) is 104 Å². The van der Waals surface area contributed by atoms with Gasteiger partial charge >= 0.3 is 0 Å². The molecule has 2 aliphatic carbocycles. The molecule has 0 aliphatic heterocycles. The first-order valence-corrected chi connectivity index (χ1v) is 6.89. The Morgan fingerprint density at radius 3 is 2.68 bits per heavy atom. The highest BCUT2D eigenvalue weighted by molar-refractivity contribution is 6.25. The summed E-state index contributed by atoms with van der Waals surface area (Å²) in [5.74, 6) is -1.45. The predicted octanol–water partition coefficient (Wildman–Crippen LogP) is 0.512. The molecule has 6 heteroatoms. The van der Waals surface area contributed by atoms with E-state index in [-0.39, 0.29) is 35.5 Å². The van der Waals surface area contributed by atoms with Gasteiger partial charge in [0.15, 0.2) is 11.5 Å². The van der Waals surface area contributed by atoms with Gasteiger partial charge in [-0.25, -0.2) is 0 Å². The quantitative estimate of drug-likeness (QED) is 0.698. The Kier molecular flexibility index (Phi) is 3.12. The Labute approximate surface area is 126 Å². The molecule has 22 heavy (non-hydrogen) atoms. The number of hydrogen-bond donors (Lipinski definition) is 3. The second-order valence-electron chi connectivity index (χ2n) is 5.95. The number of hydrogen-bond acceptors (Lipinski definition) is 6. The van der Waals surface area contributed by atoms with Crippen molar-refractivity contribution >= 4 is 11.6 Å². The number of methoxy groups -OCH3 is 1. The van der Waals surface area contributed by atoms with E-state index in [9.17, 15) is 24.9 Å². The maximum absolute atomic E-state index is 12.3. The Balaban J connectivity index is 2.22. The number of Topliss-reactive ketones (excluding diaryl/α,β-unsaturated/α-hetero) is 1. The van der Waals surface area contributed by atoms with Crippen LogP contribution >= 0.6 is 0 Å². The fraction of sp³-hybridized carbons (Fsp3) is 0.375. The smallest absolute Gasteiger partial charge is 0.232 e. The van der Waals surface area contributed by atoms with Gasteiger partial charge in [-0.15, -0.1) is 0 Å². The maximum Gasteiger partial charge on any atom is 0.232 e. The average molecular weight is 304 g/mol. The van der Waals surface area contributed by atoms with Gasteiger partial charge in [-0.1, -0.05) is 0 Å². The summed E-state index contributed by atoms with van der Waals surface area (Å²) in [6, 6.07) is 1.51. The number of carbonyl (C=O) groups excluding carboxylic acids is 2. The summed E-state index contributed by atoms with van der Waals surface area (Å²) >= 11 is 0. The molecule has 0 spiro atoms. The minimum Gasteiger partial charge on any atom is -0.507 e. The zero-order valence-electron chi connectivity index (χ0n) is 12.2. The molecule has 0 heterocycles. The molecule has 2 aliphatic rings. The summed E-state index contributed by atoms with van der Waals surface area (Å²) in [6.07, 6.45) is 0.185. The Hall–Kier alpha value is -2.18. The third-order valence-corrected chi connectivity index (χ3v) is 4.36. The Bertz CT molecular complexity index is 729. The molecule has 1 aromatic rings. The van der Waals surface area contributed by atoms with Crippen LogP contribution in [-0.2, 0) is 17.6 Å². The van der Waals surface area contributed by atoms with Gasteiger partial charge in [0.05, 0.1) is 24.4 Å². The molecule has 116 valence electrons. The maximum atomic E-state index is 12.3. The minimum absolute atomic E-state index is 0.00386. The summed E-state index contributed by atoms with van der Waals surface area (Å²) in [4.78, 5) is 24.4. The van der Waals surface area contributed by atoms with Crippen LogP contribution in [0.4, 0.5) is 0 Å². The molecule has 0 saturated heterocycles. The van der Waals surface area contributed by atoms with Crippen LogP contribution in [0, 0.1) is 0 Å². The van der Waals surface area contributed by atoms with Crippen molar-refractivity contribution in [2.24, 2.45) is 0 Å². The van der Waals surface area contributed by atoms with Crippen molar-refractivity contribution in [2.75, 3.05) is 7.11 Å². The van der Waals surface area contributed by atoms with E-state index in [0.29, 0.717) is 11.1 Å². The van der Waals surface area contributed by atoms with Crippen LogP contribution in [0.3, 0.4) is 0 Å². The standard InChI is InChI=1S/C16H16O6/c1-16(21)6-9-7(4-12(16)18)3-8-10(17)5-11(22-2)15(20)13(8)14(9)19/h3,5,12,18-19,21H,4,6H2,1-2H3. The first kappa shape index (κ1) is 14.7. The molecule has 0 saturated carbocycles. The van der Waals surface area contributed by atoms with E-state index in [2.05, 4.69) is 0 Å². The Morgan fingerprint density at radius 2 is 2.05 bits per heavy atom. The van der Waals surface area contributed by atoms with Crippen molar-refractivity contribution in [2.45, 2.75) is 31.5 Å². The van der Waals surface area contributed by atoms with E-state index in [1.54, 1.807) is 0 Å². The largest absolute Gasteiger partial charge is 0.507 e. The monoisotopic (exact) mass is 304 g/mol. The van der Waals surface area contributed by atoms with Crippen LogP contribution in [0.2, 0.25) is 0 Å². The fourth-order valence-electron chi connectivity index (χ4n) is 3.01. The number of aromatic hydroxyl groups is 1. The lowest BCUT2D eigenvalue weighted by atomic mass is 9.76. The highest BCUT2D eigenvalue weighted by Crippen LogP contribution is 2.40. The lowest BCUT2D eigenvalue weighted by Gasteiger charge is -2.36. The van der Waals surface area contributed by atoms with E-state index in [1.165, 1.54) is 20.1 Å². The molecule has 6 nitrogen and oxygen atoms in total. The number of ketones is 2. The molecule has 0 bridgehead atoms. The number of benzene rings is 1. The fourth-order valence-corrected chi connectivity index (χ4v) is 3.01. The van der Waals surface area contributed by atoms with Gasteiger partial charge < -0.3 is 20.1 Å². The normalized spacial score (nSPS) is 27.1. The van der Waals surface area contributed by atoms with E-state index < -0.39 is 23.3 Å². The molecule has 0 radical (unpaired) electrons. The summed E-state index contributed by atoms with van der Waals surface area (Å²) in [5.41, 5.74) is -0.468. The second kappa shape index (κ2) is 4.66. The summed E-state index contributed by atoms with van der Waals surface area (Å²) in [6.45, 7) is 1.47. The van der Waals surface area contributed by atoms with Crippen LogP contribution in [-0.4, -0.2) is 45.7 Å². The number of aliphatic hydroxyl groups is 2. The van der Waals surface area contributed by atoms with Gasteiger partial charge in [0.25, 0.3) is 0 Å². The van der Waals surface area contributed by atoms with E-state index >= 15 is 0 Å². The number of carbonyl (C=O) groups is 2. The zero-order valence-corrected chi connectivity index (χ0v) is 12.2. The van der Waals surface area contributed by atoms with Crippen LogP contribution in [0.25, 0.3) is 0 Å². The van der Waals surface area contributed by atoms with Crippen molar-refractivity contribution in [1.82, 2.24) is 0 Å². The SMILES string of the molecule is COC1=CC(=O)c2cc3c(c(O)c2C1=O)CC(C)(O)C(O)C3. The number of rotatable bonds is 1. The number of fused-ring (bicyclic) bond motifs is 2. The Morgan fingerprint density at radius 1 is 1.36 bits per heavy atom. The summed E-state index contributed by atoms with van der Waals surface area (Å²) in [7, 11) is 1.28. The van der Waals surface area contributed by atoms with Gasteiger partial charge in [-0.05, 0) is 18.6 Å². The molecular formula is C16H16O6. The molecule has 0 fully saturated rings. The highest BCUT2D eigenvalue weighted by atomic mass is 16.5. The van der Waals surface area contributed by atoms with Gasteiger partial charge in [0.2, 0.25) is 5.78 Å². The molecule has 2 atom stereocenters. The van der Waals surface area contributed by atoms with Crippen LogP contribution in [0.5, 0.6) is 5.75 Å². The van der Waals surface area contributed by atoms with E-state index in [4.69, 9.17) is 4.74 Å². The molecular weight excluding hydrogens is 288 g/mol. The van der Waals surface area contributed by atoms with Crippen molar-refractivity contribution in [3.05, 3.63) is 40.2 Å². The predicted molar refractivity (Wildman–Crippen MR) is 75.9 cm³/mol. The third kappa shape index (κ3) is 1.95. The number of phenols is 1. The lowest BCUT2D eigenvalue weighted by Crippen LogP contribution is -2.46. The van der Waals surface area contributed by atoms with Crippen LogP contribution in [0.15, 0.2) is 17.9 Å². The van der Waals surface area contributed by atoms with Crippen molar-refractivity contribution in [3.8, 4) is 5.75 Å². The van der Waals surface area contributed by atoms with Crippen LogP contribution in [0.1, 0.15) is 38.8 Å². The summed E-state index contributed by atoms with van der Waals surface area (Å²) in [5, 5.41) is 30.6. The summed E-state index contributed by atoms with van der Waals surface area (Å²) < 4.78 is 4.88. The molecule has 1 aromatic carbocycles. The molecule has 0 amide bonds. The van der Waals surface area contributed by atoms with Crippen LogP contribution < -0.4 is 0 Å². The zero-order chi connectivity index (χ0) is 16.2. The minimum atomic E-state index is -1.40. The number of allylic oxidation sites excluding steroid dienone is 2. The average Bonchev–Trinajstić information content (AvgIpc) is 2.45. The van der Waals surface area contributed by atoms with Gasteiger partial charge in [-0.3, -0.25) is 9.59 Å². The van der Waals surface area contributed by atoms with E-state index in [1.807, 2.05) is 0 Å².